The fourth-order valence-corrected chi connectivity index (χ4v) is 6.10. The summed E-state index contributed by atoms with van der Waals surface area (Å²) in [5.41, 5.74) is 11.1. The SMILES string of the molecule is C#C/C=C(C#Cc1c2nc(c(C#Cc3ccccc3)c3ccc([n-]3)c(C#Cc3ccccc3)c3nc(c(C#Cc4ccccc4)c4ccc1[n-]4)C=C3)C=C2)\C=C/C.[Ru+2]. The number of fused-ring (bicyclic) bond motifs is 8. The zero-order chi connectivity index (χ0) is 38.8. The van der Waals surface area contributed by atoms with Crippen LogP contribution in [0.1, 0.15) is 68.6 Å². The number of hydrogen-bond acceptors (Lipinski definition) is 2. The van der Waals surface area contributed by atoms with E-state index in [1.165, 1.54) is 0 Å². The van der Waals surface area contributed by atoms with E-state index in [1.54, 1.807) is 6.08 Å². The van der Waals surface area contributed by atoms with Crippen LogP contribution in [0, 0.1) is 59.7 Å². The van der Waals surface area contributed by atoms with Crippen molar-refractivity contribution < 1.29 is 19.5 Å². The Balaban J connectivity index is 0.00000512. The average Bonchev–Trinajstić information content (AvgIpc) is 4.10. The fourth-order valence-electron chi connectivity index (χ4n) is 6.10. The molecule has 0 saturated carbocycles. The van der Waals surface area contributed by atoms with Crippen LogP contribution in [0.4, 0.5) is 0 Å². The summed E-state index contributed by atoms with van der Waals surface area (Å²) in [5.74, 6) is 29.3. The van der Waals surface area contributed by atoms with Crippen LogP contribution in [0.15, 0.2) is 139 Å². The molecule has 3 aromatic heterocycles. The third kappa shape index (κ3) is 8.83. The number of terminal acetylenes is 1. The Kier molecular flexibility index (Phi) is 12.1. The van der Waals surface area contributed by atoms with Gasteiger partial charge in [-0.1, -0.05) is 144 Å². The molecular formula is C53H30N4Ru. The third-order valence-corrected chi connectivity index (χ3v) is 8.84. The van der Waals surface area contributed by atoms with Crippen LogP contribution >= 0.6 is 0 Å². The van der Waals surface area contributed by atoms with E-state index in [4.69, 9.17) is 26.4 Å². The first-order valence-electron chi connectivity index (χ1n) is 18.2. The van der Waals surface area contributed by atoms with Crippen LogP contribution in [0.5, 0.6) is 0 Å². The predicted octanol–water partition coefficient (Wildman–Crippen LogP) is 9.60. The first kappa shape index (κ1) is 38.4. The molecule has 5 heterocycles. The van der Waals surface area contributed by atoms with Crippen molar-refractivity contribution in [1.82, 2.24) is 19.9 Å². The second kappa shape index (κ2) is 18.2. The van der Waals surface area contributed by atoms with Crippen LogP contribution in [-0.4, -0.2) is 9.97 Å². The first-order valence-corrected chi connectivity index (χ1v) is 18.2. The van der Waals surface area contributed by atoms with E-state index in [1.807, 2.05) is 159 Å². The van der Waals surface area contributed by atoms with E-state index in [-0.39, 0.29) is 19.5 Å². The molecule has 0 amide bonds. The molecule has 0 saturated heterocycles. The van der Waals surface area contributed by atoms with E-state index >= 15 is 0 Å². The molecule has 0 unspecified atom stereocenters. The smallest absolute Gasteiger partial charge is 0.656 e. The van der Waals surface area contributed by atoms with Gasteiger partial charge in [-0.05, 0) is 67.6 Å². The summed E-state index contributed by atoms with van der Waals surface area (Å²) in [4.78, 5) is 20.6. The molecule has 0 fully saturated rings. The summed E-state index contributed by atoms with van der Waals surface area (Å²) in [6.07, 6.45) is 18.9. The van der Waals surface area contributed by atoms with E-state index in [2.05, 4.69) is 53.3 Å². The summed E-state index contributed by atoms with van der Waals surface area (Å²) in [6.45, 7) is 1.92. The second-order valence-electron chi connectivity index (χ2n) is 12.7. The maximum absolute atomic E-state index is 5.65. The molecular weight excluding hydrogens is 794 g/mol. The normalized spacial score (nSPS) is 11.1. The Hall–Kier alpha value is -7.84. The van der Waals surface area contributed by atoms with Crippen molar-refractivity contribution in [2.24, 2.45) is 0 Å². The van der Waals surface area contributed by atoms with Gasteiger partial charge in [-0.3, -0.25) is 0 Å². The predicted molar refractivity (Wildman–Crippen MR) is 233 cm³/mol. The van der Waals surface area contributed by atoms with E-state index in [9.17, 15) is 0 Å². The molecule has 8 rings (SSSR count). The Labute approximate surface area is 351 Å². The van der Waals surface area contributed by atoms with E-state index in [0.29, 0.717) is 72.7 Å². The molecule has 6 aromatic rings. The number of allylic oxidation sites excluding steroid dienone is 4. The summed E-state index contributed by atoms with van der Waals surface area (Å²) < 4.78 is 0. The van der Waals surface area contributed by atoms with Crippen molar-refractivity contribution in [2.75, 3.05) is 0 Å². The maximum atomic E-state index is 5.65. The Bertz CT molecular complexity index is 3090. The van der Waals surface area contributed by atoms with Gasteiger partial charge in [0, 0.05) is 50.6 Å². The Morgan fingerprint density at radius 2 is 0.828 bits per heavy atom. The maximum Gasteiger partial charge on any atom is 2.00 e. The van der Waals surface area contributed by atoms with E-state index in [0.717, 1.165) is 16.7 Å². The van der Waals surface area contributed by atoms with Gasteiger partial charge in [0.15, 0.2) is 0 Å². The first-order chi connectivity index (χ1) is 28.1. The molecule has 2 aliphatic rings. The fraction of sp³-hybridized carbons (Fsp3) is 0.0189. The molecule has 0 N–H and O–H groups in total. The average molecular weight is 824 g/mol. The minimum Gasteiger partial charge on any atom is -0.656 e. The molecule has 270 valence electrons. The summed E-state index contributed by atoms with van der Waals surface area (Å²) in [5, 5.41) is 0. The molecule has 58 heavy (non-hydrogen) atoms. The van der Waals surface area contributed by atoms with Gasteiger partial charge >= 0.3 is 19.5 Å². The number of rotatable bonds is 1. The van der Waals surface area contributed by atoms with Crippen molar-refractivity contribution in [3.8, 4) is 59.7 Å². The molecule has 0 spiro atoms. The van der Waals surface area contributed by atoms with Crippen molar-refractivity contribution in [3.05, 3.63) is 201 Å². The molecule has 3 aromatic carbocycles. The van der Waals surface area contributed by atoms with Crippen LogP contribution in [-0.2, 0) is 19.5 Å². The minimum atomic E-state index is 0. The minimum absolute atomic E-state index is 0. The summed E-state index contributed by atoms with van der Waals surface area (Å²) in [6, 6.07) is 37.4. The zero-order valence-electron chi connectivity index (χ0n) is 31.2. The van der Waals surface area contributed by atoms with Gasteiger partial charge in [0.2, 0.25) is 0 Å². The van der Waals surface area contributed by atoms with Crippen molar-refractivity contribution in [1.29, 1.82) is 0 Å². The van der Waals surface area contributed by atoms with Crippen LogP contribution in [0.3, 0.4) is 0 Å². The Morgan fingerprint density at radius 1 is 0.483 bits per heavy atom. The molecule has 4 nitrogen and oxygen atoms in total. The molecule has 8 bridgehead atoms. The number of nitrogens with zero attached hydrogens (tertiary/aromatic N) is 4. The third-order valence-electron chi connectivity index (χ3n) is 8.84. The molecule has 2 aliphatic heterocycles. The van der Waals surface area contributed by atoms with Gasteiger partial charge in [0.1, 0.15) is 0 Å². The van der Waals surface area contributed by atoms with Gasteiger partial charge in [-0.15, -0.1) is 28.5 Å². The number of hydrogen-bond donors (Lipinski definition) is 0. The van der Waals surface area contributed by atoms with Crippen LogP contribution in [0.2, 0.25) is 0 Å². The van der Waals surface area contributed by atoms with Gasteiger partial charge in [0.25, 0.3) is 0 Å². The summed E-state index contributed by atoms with van der Waals surface area (Å²) in [7, 11) is 0. The monoisotopic (exact) mass is 824 g/mol. The van der Waals surface area contributed by atoms with E-state index < -0.39 is 0 Å². The largest absolute Gasteiger partial charge is 2.00 e. The van der Waals surface area contributed by atoms with Gasteiger partial charge < -0.3 is 9.97 Å². The molecule has 0 atom stereocenters. The van der Waals surface area contributed by atoms with Gasteiger partial charge in [-0.25, -0.2) is 9.97 Å². The number of benzene rings is 3. The number of aromatic nitrogens is 4. The van der Waals surface area contributed by atoms with Gasteiger partial charge in [-0.2, -0.15) is 0 Å². The standard InChI is InChI=1S/C53H30N4.Ru/c1-3-14-38(15-4-2)22-26-42-46-30-32-48(54-46)43(27-23-39-16-8-5-9-17-39)50-34-36-52(56-50)45(29-25-41-20-12-7-13-21-41)53-37-35-51(57-53)44(49-33-31-47(42)55-49)28-24-40-18-10-6-11-19-40;/h1,4-21,30-37H,2H3;/q-2;+2/b15-4-,38-14+,46-42?,47-42?,48-43?,49-44?,50-43?,51-44?,52-45?,53-45?;. The quantitative estimate of drug-likeness (QED) is 0.0941. The van der Waals surface area contributed by atoms with Crippen LogP contribution < -0.4 is 9.97 Å². The van der Waals surface area contributed by atoms with Crippen LogP contribution in [0.25, 0.3) is 46.4 Å². The topological polar surface area (TPSA) is 54.0 Å². The molecule has 0 radical (unpaired) electrons. The molecule has 5 heteroatoms. The molecule has 0 aliphatic carbocycles. The van der Waals surface area contributed by atoms with Gasteiger partial charge in [0.05, 0.1) is 22.8 Å². The second-order valence-corrected chi connectivity index (χ2v) is 12.7. The zero-order valence-corrected chi connectivity index (χ0v) is 33.0. The van der Waals surface area contributed by atoms with Crippen molar-refractivity contribution in [2.45, 2.75) is 6.92 Å². The Morgan fingerprint density at radius 3 is 1.16 bits per heavy atom. The van der Waals surface area contributed by atoms with Crippen molar-refractivity contribution in [3.63, 3.8) is 0 Å². The summed E-state index contributed by atoms with van der Waals surface area (Å²) >= 11 is 0. The van der Waals surface area contributed by atoms with Crippen molar-refractivity contribution >= 4 is 46.4 Å².